The Labute approximate surface area is 213 Å². The van der Waals surface area contributed by atoms with Crippen LogP contribution < -0.4 is 15.5 Å². The molecule has 36 heavy (non-hydrogen) atoms. The van der Waals surface area contributed by atoms with Crippen LogP contribution in [0.1, 0.15) is 88.3 Å². The largest absolute Gasteiger partial charge is 0.371 e. The Kier molecular flexibility index (Phi) is 7.91. The average Bonchev–Trinajstić information content (AvgIpc) is 3.53. The molecule has 0 radical (unpaired) electrons. The maximum absolute atomic E-state index is 13.5. The molecule has 2 N–H and O–H groups in total. The summed E-state index contributed by atoms with van der Waals surface area (Å²) in [5.41, 5.74) is 3.87. The van der Waals surface area contributed by atoms with Crippen molar-refractivity contribution >= 4 is 34.2 Å². The number of aromatic nitrogens is 3. The van der Waals surface area contributed by atoms with E-state index >= 15 is 0 Å². The molecule has 1 fully saturated rings. The van der Waals surface area contributed by atoms with Gasteiger partial charge in [-0.2, -0.15) is 5.10 Å². The number of anilines is 2. The molecular formula is C28H38N6O2. The molecule has 1 unspecified atom stereocenters. The van der Waals surface area contributed by atoms with Gasteiger partial charge in [-0.3, -0.25) is 9.59 Å². The van der Waals surface area contributed by atoms with Crippen LogP contribution in [0.4, 0.5) is 11.4 Å². The molecule has 1 atom stereocenters. The predicted octanol–water partition coefficient (Wildman–Crippen LogP) is 5.27. The van der Waals surface area contributed by atoms with Crippen LogP contribution in [0, 0.1) is 0 Å². The zero-order valence-electron chi connectivity index (χ0n) is 22.0. The summed E-state index contributed by atoms with van der Waals surface area (Å²) >= 11 is 0. The fourth-order valence-electron chi connectivity index (χ4n) is 4.68. The first-order chi connectivity index (χ1) is 17.3. The molecule has 1 aromatic carbocycles. The van der Waals surface area contributed by atoms with Gasteiger partial charge in [0.15, 0.2) is 5.65 Å². The molecule has 2 amide bonds. The highest BCUT2D eigenvalue weighted by Crippen LogP contribution is 2.26. The van der Waals surface area contributed by atoms with Crippen molar-refractivity contribution in [3.8, 4) is 0 Å². The Hall–Kier alpha value is -3.42. The van der Waals surface area contributed by atoms with Crippen molar-refractivity contribution in [2.24, 2.45) is 0 Å². The number of hydrogen-bond acceptors (Lipinski definition) is 5. The second-order valence-electron chi connectivity index (χ2n) is 10.2. The quantitative estimate of drug-likeness (QED) is 0.426. The number of nitrogens with zero attached hydrogens (tertiary/aromatic N) is 4. The van der Waals surface area contributed by atoms with Gasteiger partial charge in [0.1, 0.15) is 6.04 Å². The molecule has 3 heterocycles. The first-order valence-corrected chi connectivity index (χ1v) is 13.1. The van der Waals surface area contributed by atoms with Crippen molar-refractivity contribution in [3.05, 3.63) is 47.8 Å². The normalized spacial score (nSPS) is 14.6. The number of nitrogens with one attached hydrogen (secondary N) is 2. The van der Waals surface area contributed by atoms with E-state index < -0.39 is 6.04 Å². The molecule has 4 rings (SSSR count). The number of amides is 2. The van der Waals surface area contributed by atoms with Gasteiger partial charge in [-0.15, -0.1) is 0 Å². The van der Waals surface area contributed by atoms with Gasteiger partial charge >= 0.3 is 0 Å². The summed E-state index contributed by atoms with van der Waals surface area (Å²) in [6, 6.07) is 9.23. The highest BCUT2D eigenvalue weighted by Gasteiger charge is 2.24. The minimum Gasteiger partial charge on any atom is -0.371 e. The molecule has 2 aromatic heterocycles. The van der Waals surface area contributed by atoms with E-state index in [2.05, 4.69) is 40.5 Å². The fourth-order valence-corrected chi connectivity index (χ4v) is 4.68. The van der Waals surface area contributed by atoms with E-state index in [0.717, 1.165) is 36.6 Å². The van der Waals surface area contributed by atoms with Crippen molar-refractivity contribution < 1.29 is 9.59 Å². The van der Waals surface area contributed by atoms with Gasteiger partial charge in [-0.25, -0.2) is 9.67 Å². The summed E-state index contributed by atoms with van der Waals surface area (Å²) < 4.78 is 1.83. The Morgan fingerprint density at radius 1 is 1.08 bits per heavy atom. The highest BCUT2D eigenvalue weighted by molar-refractivity contribution is 6.08. The van der Waals surface area contributed by atoms with Gasteiger partial charge in [0.25, 0.3) is 5.91 Å². The van der Waals surface area contributed by atoms with Crippen molar-refractivity contribution in [2.75, 3.05) is 23.3 Å². The molecule has 0 aliphatic carbocycles. The number of pyridine rings is 1. The van der Waals surface area contributed by atoms with Crippen LogP contribution in [-0.4, -0.2) is 45.7 Å². The van der Waals surface area contributed by atoms with E-state index in [1.54, 1.807) is 6.20 Å². The van der Waals surface area contributed by atoms with Gasteiger partial charge in [0.2, 0.25) is 5.91 Å². The second-order valence-corrected chi connectivity index (χ2v) is 10.2. The Morgan fingerprint density at radius 2 is 1.83 bits per heavy atom. The zero-order valence-corrected chi connectivity index (χ0v) is 22.0. The summed E-state index contributed by atoms with van der Waals surface area (Å²) in [5.74, 6) is -0.350. The van der Waals surface area contributed by atoms with Gasteiger partial charge in [-0.1, -0.05) is 33.3 Å². The van der Waals surface area contributed by atoms with Crippen LogP contribution in [-0.2, 0) is 4.79 Å². The number of rotatable bonds is 9. The molecule has 0 spiro atoms. The van der Waals surface area contributed by atoms with Gasteiger partial charge in [0, 0.05) is 36.2 Å². The molecule has 1 saturated heterocycles. The molecule has 1 aliphatic heterocycles. The van der Waals surface area contributed by atoms with E-state index in [9.17, 15) is 9.59 Å². The average molecular weight is 491 g/mol. The van der Waals surface area contributed by atoms with Crippen molar-refractivity contribution in [2.45, 2.75) is 78.3 Å². The number of fused-ring (bicyclic) bond motifs is 1. The summed E-state index contributed by atoms with van der Waals surface area (Å²) in [5, 5.41) is 11.2. The lowest BCUT2D eigenvalue weighted by Crippen LogP contribution is -2.43. The number of carbonyl (C=O) groups excluding carboxylic acids is 2. The van der Waals surface area contributed by atoms with Crippen LogP contribution in [0.15, 0.2) is 36.5 Å². The molecule has 0 bridgehead atoms. The van der Waals surface area contributed by atoms with Crippen LogP contribution in [0.5, 0.6) is 0 Å². The van der Waals surface area contributed by atoms with Gasteiger partial charge < -0.3 is 15.5 Å². The standard InChI is InChI=1S/C28H38N6O2/c1-6-10-24(28(36)30-20-11-9-12-21(15-20)33-13-7-8-14-33)32-27(35)22-16-25(18(2)3)31-26-23(22)17-29-34(26)19(4)5/h9,11-12,15-19,24H,6-8,10,13-14H2,1-5H3,(H,30,36)(H,32,35). The lowest BCUT2D eigenvalue weighted by atomic mass is 10.0. The molecule has 192 valence electrons. The Bertz CT molecular complexity index is 1230. The Balaban J connectivity index is 1.56. The number of hydrogen-bond donors (Lipinski definition) is 2. The maximum Gasteiger partial charge on any atom is 0.252 e. The lowest BCUT2D eigenvalue weighted by molar-refractivity contribution is -0.118. The third-order valence-corrected chi connectivity index (χ3v) is 6.70. The summed E-state index contributed by atoms with van der Waals surface area (Å²) in [6.07, 6.45) is 5.39. The van der Waals surface area contributed by atoms with Crippen molar-refractivity contribution in [1.29, 1.82) is 0 Å². The number of benzene rings is 1. The van der Waals surface area contributed by atoms with Crippen molar-refractivity contribution in [1.82, 2.24) is 20.1 Å². The van der Waals surface area contributed by atoms with E-state index in [1.165, 1.54) is 12.8 Å². The molecular weight excluding hydrogens is 452 g/mol. The van der Waals surface area contributed by atoms with E-state index in [1.807, 2.05) is 49.7 Å². The molecule has 8 heteroatoms. The van der Waals surface area contributed by atoms with E-state index in [0.29, 0.717) is 23.0 Å². The monoisotopic (exact) mass is 490 g/mol. The molecule has 1 aliphatic rings. The van der Waals surface area contributed by atoms with Gasteiger partial charge in [0.05, 0.1) is 17.1 Å². The Morgan fingerprint density at radius 3 is 2.50 bits per heavy atom. The van der Waals surface area contributed by atoms with Crippen molar-refractivity contribution in [3.63, 3.8) is 0 Å². The topological polar surface area (TPSA) is 92.1 Å². The first-order valence-electron chi connectivity index (χ1n) is 13.1. The van der Waals surface area contributed by atoms with E-state index in [4.69, 9.17) is 4.98 Å². The fraction of sp³-hybridized carbons (Fsp3) is 0.500. The zero-order chi connectivity index (χ0) is 25.8. The summed E-state index contributed by atoms with van der Waals surface area (Å²) in [6.45, 7) is 12.3. The minimum atomic E-state index is -0.649. The van der Waals surface area contributed by atoms with E-state index in [-0.39, 0.29) is 23.8 Å². The minimum absolute atomic E-state index is 0.114. The smallest absolute Gasteiger partial charge is 0.252 e. The molecule has 0 saturated carbocycles. The second kappa shape index (κ2) is 11.1. The third-order valence-electron chi connectivity index (χ3n) is 6.70. The number of carbonyl (C=O) groups is 2. The summed E-state index contributed by atoms with van der Waals surface area (Å²) in [7, 11) is 0. The van der Waals surface area contributed by atoms with Crippen LogP contribution in [0.25, 0.3) is 11.0 Å². The predicted molar refractivity (Wildman–Crippen MR) is 145 cm³/mol. The lowest BCUT2D eigenvalue weighted by Gasteiger charge is -2.21. The molecule has 3 aromatic rings. The molecule has 8 nitrogen and oxygen atoms in total. The highest BCUT2D eigenvalue weighted by atomic mass is 16.2. The van der Waals surface area contributed by atoms with Crippen LogP contribution >= 0.6 is 0 Å². The van der Waals surface area contributed by atoms with Crippen LogP contribution in [0.3, 0.4) is 0 Å². The van der Waals surface area contributed by atoms with Crippen LogP contribution in [0.2, 0.25) is 0 Å². The van der Waals surface area contributed by atoms with Gasteiger partial charge in [-0.05, 0) is 63.3 Å². The third kappa shape index (κ3) is 5.53. The SMILES string of the molecule is CCCC(NC(=O)c1cc(C(C)C)nc2c1cnn2C(C)C)C(=O)Nc1cccc(N2CCCC2)c1. The maximum atomic E-state index is 13.5. The summed E-state index contributed by atoms with van der Waals surface area (Å²) in [4.78, 5) is 33.9. The first kappa shape index (κ1) is 25.7.